The number of aromatic nitrogens is 3. The molecule has 0 radical (unpaired) electrons. The Balaban J connectivity index is 0.000000166. The number of pyridine rings is 1. The van der Waals surface area contributed by atoms with Gasteiger partial charge in [-0.2, -0.15) is 13.2 Å². The molecule has 2 aliphatic heterocycles. The van der Waals surface area contributed by atoms with E-state index in [1.165, 1.54) is 12.1 Å². The molecule has 0 bridgehead atoms. The van der Waals surface area contributed by atoms with Gasteiger partial charge in [-0.15, -0.1) is 10.2 Å². The average Bonchev–Trinajstić information content (AvgIpc) is 3.40. The van der Waals surface area contributed by atoms with Gasteiger partial charge in [0.05, 0.1) is 5.56 Å². The van der Waals surface area contributed by atoms with E-state index >= 15 is 0 Å². The Kier molecular flexibility index (Phi) is 5.70. The first-order chi connectivity index (χ1) is 14.8. The van der Waals surface area contributed by atoms with Crippen LogP contribution in [0.1, 0.15) is 21.7 Å². The second-order valence-electron chi connectivity index (χ2n) is 8.27. The summed E-state index contributed by atoms with van der Waals surface area (Å²) in [5, 5.41) is 7.51. The fourth-order valence-corrected chi connectivity index (χ4v) is 4.51. The van der Waals surface area contributed by atoms with E-state index in [1.54, 1.807) is 16.5 Å². The molecule has 31 heavy (non-hydrogen) atoms. The fraction of sp³-hybridized carbons (Fsp3) is 0.409. The van der Waals surface area contributed by atoms with E-state index in [1.807, 2.05) is 30.2 Å². The van der Waals surface area contributed by atoms with Crippen LogP contribution in [0.4, 0.5) is 18.9 Å². The van der Waals surface area contributed by atoms with Gasteiger partial charge in [0.15, 0.2) is 11.9 Å². The molecule has 0 amide bonds. The normalized spacial score (nSPS) is 21.1. The Hall–Kier alpha value is -2.94. The number of aldehydes is 1. The summed E-state index contributed by atoms with van der Waals surface area (Å²) in [6.45, 7) is 5.42. The average molecular weight is 431 g/mol. The summed E-state index contributed by atoms with van der Waals surface area (Å²) in [6.07, 6.45) is -1.75. The number of carbonyl (C=O) groups is 1. The molecule has 0 saturated carbocycles. The van der Waals surface area contributed by atoms with E-state index in [4.69, 9.17) is 0 Å². The standard InChI is InChI=1S/C14H17F3N2.C8H7N3O/c1-18-6-10-8-19(9-11(10)7-18)13-5-3-2-4-12(13)14(15,16)17;1-6-2-3-7-9-10-8(5-12)11(7)4-6/h2-5,10-11H,6-9H2,1H3;2-5H,1H3. The lowest BCUT2D eigenvalue weighted by molar-refractivity contribution is -0.137. The van der Waals surface area contributed by atoms with Crippen molar-refractivity contribution in [3.8, 4) is 0 Å². The fourth-order valence-electron chi connectivity index (χ4n) is 4.51. The molecular weight excluding hydrogens is 407 g/mol. The summed E-state index contributed by atoms with van der Waals surface area (Å²) < 4.78 is 40.7. The molecule has 1 aromatic carbocycles. The Bertz CT molecular complexity index is 1070. The highest BCUT2D eigenvalue weighted by Gasteiger charge is 2.41. The van der Waals surface area contributed by atoms with E-state index in [0.29, 0.717) is 35.3 Å². The largest absolute Gasteiger partial charge is 0.418 e. The second-order valence-corrected chi connectivity index (χ2v) is 8.27. The van der Waals surface area contributed by atoms with Crippen LogP contribution in [0.5, 0.6) is 0 Å². The summed E-state index contributed by atoms with van der Waals surface area (Å²) in [5.74, 6) is 1.35. The molecule has 3 aromatic rings. The second kappa shape index (κ2) is 8.30. The predicted molar refractivity (Wildman–Crippen MR) is 111 cm³/mol. The summed E-state index contributed by atoms with van der Waals surface area (Å²) in [4.78, 5) is 14.6. The smallest absolute Gasteiger partial charge is 0.370 e. The van der Waals surface area contributed by atoms with Crippen LogP contribution in [0.15, 0.2) is 42.6 Å². The van der Waals surface area contributed by atoms with E-state index in [0.717, 1.165) is 31.7 Å². The van der Waals surface area contributed by atoms with Crippen LogP contribution in [0.3, 0.4) is 0 Å². The van der Waals surface area contributed by atoms with E-state index < -0.39 is 11.7 Å². The number of likely N-dealkylation sites (tertiary alicyclic amines) is 1. The number of para-hydroxylation sites is 1. The lowest BCUT2D eigenvalue weighted by Crippen LogP contribution is -2.28. The number of hydrogen-bond acceptors (Lipinski definition) is 5. The first kappa shape index (κ1) is 21.3. The Morgan fingerprint density at radius 1 is 1.00 bits per heavy atom. The van der Waals surface area contributed by atoms with Crippen LogP contribution in [0.25, 0.3) is 5.65 Å². The number of alkyl halides is 3. The maximum atomic E-state index is 13.0. The van der Waals surface area contributed by atoms with E-state index in [-0.39, 0.29) is 0 Å². The van der Waals surface area contributed by atoms with Gasteiger partial charge in [-0.1, -0.05) is 18.2 Å². The molecular formula is C22H24F3N5O. The Morgan fingerprint density at radius 2 is 1.68 bits per heavy atom. The molecule has 2 aliphatic rings. The van der Waals surface area contributed by atoms with Crippen molar-refractivity contribution in [3.05, 3.63) is 59.5 Å². The molecule has 0 spiro atoms. The number of carbonyl (C=O) groups excluding carboxylic acids is 1. The maximum absolute atomic E-state index is 13.0. The van der Waals surface area contributed by atoms with Crippen molar-refractivity contribution in [1.82, 2.24) is 19.5 Å². The summed E-state index contributed by atoms with van der Waals surface area (Å²) in [6, 6.07) is 9.67. The Labute approximate surface area is 178 Å². The SMILES string of the molecule is CN1CC2CN(c3ccccc3C(F)(F)F)CC2C1.Cc1ccc2nnc(C=O)n2c1. The minimum absolute atomic E-state index is 0.340. The number of benzene rings is 1. The molecule has 2 fully saturated rings. The highest BCUT2D eigenvalue weighted by atomic mass is 19.4. The molecule has 2 atom stereocenters. The molecule has 0 N–H and O–H groups in total. The van der Waals surface area contributed by atoms with Crippen molar-refractivity contribution < 1.29 is 18.0 Å². The van der Waals surface area contributed by atoms with Gasteiger partial charge in [0.1, 0.15) is 0 Å². The lowest BCUT2D eigenvalue weighted by Gasteiger charge is -2.24. The molecule has 6 nitrogen and oxygen atoms in total. The van der Waals surface area contributed by atoms with Crippen LogP contribution >= 0.6 is 0 Å². The molecule has 4 heterocycles. The molecule has 164 valence electrons. The van der Waals surface area contributed by atoms with Gasteiger partial charge < -0.3 is 9.80 Å². The molecule has 2 unspecified atom stereocenters. The van der Waals surface area contributed by atoms with E-state index in [9.17, 15) is 18.0 Å². The minimum atomic E-state index is -4.27. The number of anilines is 1. The highest BCUT2D eigenvalue weighted by molar-refractivity contribution is 5.70. The van der Waals surface area contributed by atoms with Gasteiger partial charge in [0.2, 0.25) is 5.82 Å². The lowest BCUT2D eigenvalue weighted by atomic mass is 10.0. The molecule has 2 aromatic heterocycles. The zero-order valence-electron chi connectivity index (χ0n) is 17.4. The van der Waals surface area contributed by atoms with Gasteiger partial charge in [0.25, 0.3) is 0 Å². The van der Waals surface area contributed by atoms with Crippen molar-refractivity contribution >= 4 is 17.6 Å². The molecule has 9 heteroatoms. The summed E-state index contributed by atoms with van der Waals surface area (Å²) in [7, 11) is 2.08. The third kappa shape index (κ3) is 4.41. The van der Waals surface area contributed by atoms with Gasteiger partial charge in [-0.3, -0.25) is 9.20 Å². The predicted octanol–water partition coefficient (Wildman–Crippen LogP) is 3.55. The maximum Gasteiger partial charge on any atom is 0.418 e. The summed E-state index contributed by atoms with van der Waals surface area (Å²) in [5.41, 5.74) is 1.60. The number of halogens is 3. The quantitative estimate of drug-likeness (QED) is 0.581. The number of rotatable bonds is 2. The van der Waals surface area contributed by atoms with E-state index in [2.05, 4.69) is 22.1 Å². The summed E-state index contributed by atoms with van der Waals surface area (Å²) >= 11 is 0. The number of aryl methyl sites for hydroxylation is 1. The van der Waals surface area contributed by atoms with Crippen molar-refractivity contribution in [2.75, 3.05) is 38.1 Å². The zero-order valence-corrected chi connectivity index (χ0v) is 17.4. The third-order valence-electron chi connectivity index (χ3n) is 5.90. The van der Waals surface area contributed by atoms with Crippen molar-refractivity contribution in [2.45, 2.75) is 13.1 Å². The zero-order chi connectivity index (χ0) is 22.2. The number of nitrogens with zero attached hydrogens (tertiary/aromatic N) is 5. The van der Waals surface area contributed by atoms with Gasteiger partial charge in [-0.05, 0) is 49.6 Å². The topological polar surface area (TPSA) is 53.7 Å². The van der Waals surface area contributed by atoms with Crippen molar-refractivity contribution in [3.63, 3.8) is 0 Å². The van der Waals surface area contributed by atoms with Gasteiger partial charge in [0, 0.05) is 38.1 Å². The highest BCUT2D eigenvalue weighted by Crippen LogP contribution is 2.40. The van der Waals surface area contributed by atoms with Crippen LogP contribution in [0, 0.1) is 18.8 Å². The van der Waals surface area contributed by atoms with Crippen molar-refractivity contribution in [2.24, 2.45) is 11.8 Å². The molecule has 5 rings (SSSR count). The Morgan fingerprint density at radius 3 is 2.32 bits per heavy atom. The number of hydrogen-bond donors (Lipinski definition) is 0. The van der Waals surface area contributed by atoms with Crippen molar-refractivity contribution in [1.29, 1.82) is 0 Å². The van der Waals surface area contributed by atoms with Crippen LogP contribution < -0.4 is 4.90 Å². The first-order valence-corrected chi connectivity index (χ1v) is 10.1. The van der Waals surface area contributed by atoms with Crippen LogP contribution in [-0.2, 0) is 6.18 Å². The molecule has 2 saturated heterocycles. The minimum Gasteiger partial charge on any atom is -0.370 e. The monoisotopic (exact) mass is 431 g/mol. The number of fused-ring (bicyclic) bond motifs is 2. The van der Waals surface area contributed by atoms with Crippen LogP contribution in [0.2, 0.25) is 0 Å². The van der Waals surface area contributed by atoms with Gasteiger partial charge in [-0.25, -0.2) is 0 Å². The van der Waals surface area contributed by atoms with Gasteiger partial charge >= 0.3 is 6.18 Å². The third-order valence-corrected chi connectivity index (χ3v) is 5.90. The van der Waals surface area contributed by atoms with Crippen LogP contribution in [-0.4, -0.2) is 59.0 Å². The first-order valence-electron chi connectivity index (χ1n) is 10.1. The molecule has 0 aliphatic carbocycles.